The van der Waals surface area contributed by atoms with E-state index in [1.165, 1.54) is 17.7 Å². The van der Waals surface area contributed by atoms with Gasteiger partial charge in [0.05, 0.1) is 12.7 Å². The minimum absolute atomic E-state index is 0.175. The number of hydrogen-bond acceptors (Lipinski definition) is 5. The number of halogens is 1. The molecule has 4 rings (SSSR count). The largest absolute Gasteiger partial charge is 0.496 e. The number of carbonyl (C=O) groups is 1. The Balaban J connectivity index is 1.85. The number of aromatic nitrogens is 1. The number of nitrogen functional groups attached to an aromatic ring is 1. The summed E-state index contributed by atoms with van der Waals surface area (Å²) in [6.45, 7) is 0.738. The summed E-state index contributed by atoms with van der Waals surface area (Å²) in [7, 11) is 3.07. The Kier molecular flexibility index (Phi) is 7.12. The van der Waals surface area contributed by atoms with Crippen molar-refractivity contribution >= 4 is 28.2 Å². The summed E-state index contributed by atoms with van der Waals surface area (Å²) in [5, 5.41) is 3.63. The maximum Gasteiger partial charge on any atom is 0.260 e. The van der Waals surface area contributed by atoms with Gasteiger partial charge in [0.15, 0.2) is 0 Å². The molecular weight excluding hydrogens is 449 g/mol. The summed E-state index contributed by atoms with van der Waals surface area (Å²) >= 11 is 0. The van der Waals surface area contributed by atoms with Gasteiger partial charge in [-0.15, -0.1) is 0 Å². The number of nitrogens with zero attached hydrogens (tertiary/aromatic N) is 1. The smallest absolute Gasteiger partial charge is 0.260 e. The Labute approximate surface area is 201 Å². The first kappa shape index (κ1) is 24.0. The summed E-state index contributed by atoms with van der Waals surface area (Å²) < 4.78 is 26.6. The number of ether oxygens (including phenoxy) is 2. The number of benzene rings is 3. The Morgan fingerprint density at radius 2 is 1.77 bits per heavy atom. The molecule has 0 unspecified atom stereocenters. The van der Waals surface area contributed by atoms with Crippen LogP contribution in [-0.2, 0) is 11.3 Å². The second-order valence-electron chi connectivity index (χ2n) is 7.96. The molecule has 7 nitrogen and oxygen atoms in total. The molecule has 4 aromatic rings. The van der Waals surface area contributed by atoms with E-state index in [1.807, 2.05) is 0 Å². The molecule has 8 heteroatoms. The molecule has 0 radical (unpaired) electrons. The van der Waals surface area contributed by atoms with E-state index >= 15 is 0 Å². The van der Waals surface area contributed by atoms with E-state index in [-0.39, 0.29) is 17.3 Å². The lowest BCUT2D eigenvalue weighted by atomic mass is 9.98. The van der Waals surface area contributed by atoms with E-state index in [0.29, 0.717) is 58.5 Å². The third kappa shape index (κ3) is 4.74. The van der Waals surface area contributed by atoms with E-state index in [2.05, 4.69) is 5.32 Å². The quantitative estimate of drug-likeness (QED) is 0.361. The molecule has 35 heavy (non-hydrogen) atoms. The van der Waals surface area contributed by atoms with Gasteiger partial charge in [-0.05, 0) is 42.1 Å². The molecule has 0 saturated heterocycles. The van der Waals surface area contributed by atoms with Gasteiger partial charge in [0, 0.05) is 42.5 Å². The second kappa shape index (κ2) is 10.4. The van der Waals surface area contributed by atoms with Gasteiger partial charge in [-0.3, -0.25) is 14.2 Å². The molecule has 0 saturated carbocycles. The van der Waals surface area contributed by atoms with E-state index in [0.717, 1.165) is 0 Å². The van der Waals surface area contributed by atoms with Crippen LogP contribution >= 0.6 is 0 Å². The van der Waals surface area contributed by atoms with Gasteiger partial charge in [0.25, 0.3) is 11.5 Å². The van der Waals surface area contributed by atoms with Crippen molar-refractivity contribution in [1.82, 2.24) is 4.57 Å². The fourth-order valence-electron chi connectivity index (χ4n) is 4.11. The number of rotatable bonds is 8. The molecule has 0 aliphatic carbocycles. The standard InChI is InChI=1S/C27H26FN3O4/c1-34-15-7-14-31-25(29)24(19-8-3-5-10-22(19)28)18-13-12-17(16-21(18)27(31)33)30-26(32)20-9-4-6-11-23(20)35-2/h3-6,8-13,16H,7,14-15,29H2,1-2H3,(H,30,32). The van der Waals surface area contributed by atoms with Crippen LogP contribution in [0.3, 0.4) is 0 Å². The molecule has 3 N–H and O–H groups in total. The van der Waals surface area contributed by atoms with Crippen LogP contribution in [-0.4, -0.2) is 31.3 Å². The molecule has 1 amide bonds. The topological polar surface area (TPSA) is 95.6 Å². The number of anilines is 2. The van der Waals surface area contributed by atoms with Crippen molar-refractivity contribution in [2.45, 2.75) is 13.0 Å². The Morgan fingerprint density at radius 1 is 1.03 bits per heavy atom. The maximum absolute atomic E-state index is 14.8. The molecule has 0 spiro atoms. The summed E-state index contributed by atoms with van der Waals surface area (Å²) in [6.07, 6.45) is 0.549. The SMILES string of the molecule is COCCCn1c(N)c(-c2ccccc2F)c2ccc(NC(=O)c3ccccc3OC)cc2c1=O. The minimum atomic E-state index is -0.448. The molecule has 0 atom stereocenters. The lowest BCUT2D eigenvalue weighted by Gasteiger charge is -2.18. The third-order valence-electron chi connectivity index (χ3n) is 5.79. The number of pyridine rings is 1. The molecular formula is C27H26FN3O4. The summed E-state index contributed by atoms with van der Waals surface area (Å²) in [4.78, 5) is 26.3. The molecule has 0 bridgehead atoms. The zero-order valence-corrected chi connectivity index (χ0v) is 19.5. The summed E-state index contributed by atoms with van der Waals surface area (Å²) in [6, 6.07) is 18.1. The number of nitrogens with one attached hydrogen (secondary N) is 1. The Hall–Kier alpha value is -4.17. The molecule has 180 valence electrons. The van der Waals surface area contributed by atoms with Crippen molar-refractivity contribution in [3.8, 4) is 16.9 Å². The predicted molar refractivity (Wildman–Crippen MR) is 135 cm³/mol. The van der Waals surface area contributed by atoms with E-state index in [4.69, 9.17) is 15.2 Å². The Morgan fingerprint density at radius 3 is 2.51 bits per heavy atom. The molecule has 0 aliphatic heterocycles. The van der Waals surface area contributed by atoms with Crippen LogP contribution in [0.1, 0.15) is 16.8 Å². The maximum atomic E-state index is 14.8. The number of para-hydroxylation sites is 1. The second-order valence-corrected chi connectivity index (χ2v) is 7.96. The zero-order valence-electron chi connectivity index (χ0n) is 19.5. The van der Waals surface area contributed by atoms with Crippen LogP contribution in [0.2, 0.25) is 0 Å². The zero-order chi connectivity index (χ0) is 24.9. The highest BCUT2D eigenvalue weighted by molar-refractivity contribution is 6.08. The van der Waals surface area contributed by atoms with Crippen LogP contribution in [0.4, 0.5) is 15.9 Å². The molecule has 0 fully saturated rings. The van der Waals surface area contributed by atoms with Gasteiger partial charge in [-0.25, -0.2) is 4.39 Å². The Bertz CT molecular complexity index is 1450. The van der Waals surface area contributed by atoms with E-state index < -0.39 is 5.82 Å². The summed E-state index contributed by atoms with van der Waals surface area (Å²) in [5.74, 6) is -0.224. The number of fused-ring (bicyclic) bond motifs is 1. The van der Waals surface area contributed by atoms with E-state index in [9.17, 15) is 14.0 Å². The molecule has 0 aliphatic rings. The highest BCUT2D eigenvalue weighted by Gasteiger charge is 2.19. The fraction of sp³-hybridized carbons (Fsp3) is 0.185. The van der Waals surface area contributed by atoms with Crippen molar-refractivity contribution in [2.24, 2.45) is 0 Å². The number of hydrogen-bond donors (Lipinski definition) is 2. The van der Waals surface area contributed by atoms with Crippen molar-refractivity contribution in [3.05, 3.63) is 88.5 Å². The van der Waals surface area contributed by atoms with Gasteiger partial charge in [-0.1, -0.05) is 36.4 Å². The van der Waals surface area contributed by atoms with Crippen molar-refractivity contribution in [3.63, 3.8) is 0 Å². The predicted octanol–water partition coefficient (Wildman–Crippen LogP) is 4.69. The van der Waals surface area contributed by atoms with Crippen LogP contribution in [0, 0.1) is 5.82 Å². The van der Waals surface area contributed by atoms with Gasteiger partial charge < -0.3 is 20.5 Å². The number of carbonyl (C=O) groups excluding carboxylic acids is 1. The van der Waals surface area contributed by atoms with Crippen LogP contribution in [0.5, 0.6) is 5.75 Å². The average molecular weight is 476 g/mol. The number of amides is 1. The first-order chi connectivity index (χ1) is 17.0. The first-order valence-corrected chi connectivity index (χ1v) is 11.1. The normalized spacial score (nSPS) is 10.9. The molecule has 3 aromatic carbocycles. The molecule has 1 aromatic heterocycles. The van der Waals surface area contributed by atoms with Gasteiger partial charge in [0.1, 0.15) is 17.4 Å². The van der Waals surface area contributed by atoms with Gasteiger partial charge >= 0.3 is 0 Å². The fourth-order valence-corrected chi connectivity index (χ4v) is 4.11. The lowest BCUT2D eigenvalue weighted by molar-refractivity contribution is 0.102. The monoisotopic (exact) mass is 475 g/mol. The lowest BCUT2D eigenvalue weighted by Crippen LogP contribution is -2.25. The highest BCUT2D eigenvalue weighted by atomic mass is 19.1. The van der Waals surface area contributed by atoms with Gasteiger partial charge in [-0.2, -0.15) is 0 Å². The first-order valence-electron chi connectivity index (χ1n) is 11.1. The van der Waals surface area contributed by atoms with Crippen molar-refractivity contribution in [2.75, 3.05) is 31.9 Å². The van der Waals surface area contributed by atoms with Crippen LogP contribution < -0.4 is 21.3 Å². The average Bonchev–Trinajstić information content (AvgIpc) is 2.87. The van der Waals surface area contributed by atoms with E-state index in [1.54, 1.807) is 67.8 Å². The van der Waals surface area contributed by atoms with Crippen LogP contribution in [0.15, 0.2) is 71.5 Å². The van der Waals surface area contributed by atoms with Crippen LogP contribution in [0.25, 0.3) is 21.9 Å². The van der Waals surface area contributed by atoms with Crippen molar-refractivity contribution in [1.29, 1.82) is 0 Å². The number of nitrogens with two attached hydrogens (primary N) is 1. The van der Waals surface area contributed by atoms with Gasteiger partial charge in [0.2, 0.25) is 0 Å². The minimum Gasteiger partial charge on any atom is -0.496 e. The molecule has 1 heterocycles. The highest BCUT2D eigenvalue weighted by Crippen LogP contribution is 2.35. The summed E-state index contributed by atoms with van der Waals surface area (Å²) in [5.41, 5.74) is 7.59. The number of methoxy groups -OCH3 is 2. The third-order valence-corrected chi connectivity index (χ3v) is 5.79. The van der Waals surface area contributed by atoms with Crippen molar-refractivity contribution < 1.29 is 18.7 Å².